The average molecular weight is 289 g/mol. The molecule has 0 saturated heterocycles. The summed E-state index contributed by atoms with van der Waals surface area (Å²) in [7, 11) is 0. The summed E-state index contributed by atoms with van der Waals surface area (Å²) < 4.78 is 2.13. The van der Waals surface area contributed by atoms with Gasteiger partial charge in [-0.05, 0) is 42.8 Å². The van der Waals surface area contributed by atoms with Crippen molar-refractivity contribution in [3.05, 3.63) is 48.5 Å². The molecular formula is C16H23N3S. The van der Waals surface area contributed by atoms with Gasteiger partial charge >= 0.3 is 0 Å². The van der Waals surface area contributed by atoms with E-state index in [1.54, 1.807) is 0 Å². The minimum Gasteiger partial charge on any atom is -0.337 e. The second kappa shape index (κ2) is 8.82. The van der Waals surface area contributed by atoms with E-state index < -0.39 is 0 Å². The molecule has 0 unspecified atom stereocenters. The molecule has 1 aromatic carbocycles. The Morgan fingerprint density at radius 3 is 3.10 bits per heavy atom. The zero-order valence-corrected chi connectivity index (χ0v) is 12.9. The van der Waals surface area contributed by atoms with Crippen LogP contribution in [0.15, 0.2) is 47.9 Å². The standard InChI is InChI=1S/C16H23N3S/c1-2-7-17-13-15-5-3-6-16(12-15)20-11-4-9-19-10-8-18-14-19/h3,5-6,8,10,12,14,17H,2,4,7,9,11,13H2,1H3. The number of aryl methyl sites for hydroxylation is 1. The molecule has 0 aliphatic rings. The first-order valence-corrected chi connectivity index (χ1v) is 8.25. The van der Waals surface area contributed by atoms with Crippen LogP contribution in [0.4, 0.5) is 0 Å². The van der Waals surface area contributed by atoms with Crippen molar-refractivity contribution < 1.29 is 0 Å². The topological polar surface area (TPSA) is 29.9 Å². The van der Waals surface area contributed by atoms with Gasteiger partial charge in [-0.2, -0.15) is 0 Å². The fraction of sp³-hybridized carbons (Fsp3) is 0.438. The Morgan fingerprint density at radius 1 is 1.35 bits per heavy atom. The largest absolute Gasteiger partial charge is 0.337 e. The van der Waals surface area contributed by atoms with E-state index in [1.165, 1.54) is 23.3 Å². The maximum absolute atomic E-state index is 4.06. The summed E-state index contributed by atoms with van der Waals surface area (Å²) in [4.78, 5) is 5.42. The van der Waals surface area contributed by atoms with E-state index in [0.717, 1.165) is 25.4 Å². The molecule has 0 aliphatic heterocycles. The fourth-order valence-corrected chi connectivity index (χ4v) is 2.93. The van der Waals surface area contributed by atoms with Gasteiger partial charge in [0.05, 0.1) is 6.33 Å². The van der Waals surface area contributed by atoms with E-state index >= 15 is 0 Å². The van der Waals surface area contributed by atoms with Crippen LogP contribution in [0, 0.1) is 0 Å². The second-order valence-corrected chi connectivity index (χ2v) is 6.00. The lowest BCUT2D eigenvalue weighted by Crippen LogP contribution is -2.13. The van der Waals surface area contributed by atoms with Crippen LogP contribution < -0.4 is 5.32 Å². The summed E-state index contributed by atoms with van der Waals surface area (Å²) in [6.07, 6.45) is 8.08. The molecule has 0 bridgehead atoms. The van der Waals surface area contributed by atoms with Crippen molar-refractivity contribution >= 4 is 11.8 Å². The van der Waals surface area contributed by atoms with Crippen molar-refractivity contribution in [1.82, 2.24) is 14.9 Å². The number of hydrogen-bond donors (Lipinski definition) is 1. The zero-order chi connectivity index (χ0) is 14.0. The lowest BCUT2D eigenvalue weighted by molar-refractivity contribution is 0.674. The van der Waals surface area contributed by atoms with Crippen LogP contribution >= 0.6 is 11.8 Å². The summed E-state index contributed by atoms with van der Waals surface area (Å²) in [5.41, 5.74) is 1.37. The molecule has 1 aromatic heterocycles. The van der Waals surface area contributed by atoms with E-state index in [1.807, 2.05) is 30.5 Å². The van der Waals surface area contributed by atoms with Crippen LogP contribution in [0.1, 0.15) is 25.3 Å². The van der Waals surface area contributed by atoms with Gasteiger partial charge in [-0.15, -0.1) is 11.8 Å². The maximum atomic E-state index is 4.06. The van der Waals surface area contributed by atoms with Gasteiger partial charge in [0.1, 0.15) is 0 Å². The Bertz CT molecular complexity index is 482. The van der Waals surface area contributed by atoms with E-state index in [4.69, 9.17) is 0 Å². The smallest absolute Gasteiger partial charge is 0.0945 e. The molecule has 4 heteroatoms. The molecule has 0 radical (unpaired) electrons. The number of nitrogens with one attached hydrogen (secondary N) is 1. The maximum Gasteiger partial charge on any atom is 0.0945 e. The van der Waals surface area contributed by atoms with E-state index in [2.05, 4.69) is 46.1 Å². The number of hydrogen-bond acceptors (Lipinski definition) is 3. The highest BCUT2D eigenvalue weighted by atomic mass is 32.2. The van der Waals surface area contributed by atoms with Gasteiger partial charge in [-0.1, -0.05) is 19.1 Å². The molecule has 0 amide bonds. The Balaban J connectivity index is 1.70. The number of thioether (sulfide) groups is 1. The lowest BCUT2D eigenvalue weighted by atomic mass is 10.2. The Labute approximate surface area is 125 Å². The number of nitrogens with zero attached hydrogens (tertiary/aromatic N) is 2. The number of rotatable bonds is 9. The zero-order valence-electron chi connectivity index (χ0n) is 12.1. The molecule has 0 fully saturated rings. The van der Waals surface area contributed by atoms with E-state index in [9.17, 15) is 0 Å². The predicted octanol–water partition coefficient (Wildman–Crippen LogP) is 3.57. The quantitative estimate of drug-likeness (QED) is 0.565. The van der Waals surface area contributed by atoms with Crippen molar-refractivity contribution in [2.45, 2.75) is 37.8 Å². The molecule has 1 N–H and O–H groups in total. The molecule has 0 aliphatic carbocycles. The lowest BCUT2D eigenvalue weighted by Gasteiger charge is -2.06. The average Bonchev–Trinajstić information content (AvgIpc) is 2.98. The Kier molecular flexibility index (Phi) is 6.68. The first-order valence-electron chi connectivity index (χ1n) is 7.26. The minimum atomic E-state index is 0.970. The Hall–Kier alpha value is -1.26. The van der Waals surface area contributed by atoms with E-state index in [-0.39, 0.29) is 0 Å². The second-order valence-electron chi connectivity index (χ2n) is 4.83. The molecule has 2 aromatic rings. The SMILES string of the molecule is CCCNCc1cccc(SCCCn2ccnc2)c1. The molecule has 20 heavy (non-hydrogen) atoms. The molecule has 108 valence electrons. The highest BCUT2D eigenvalue weighted by Crippen LogP contribution is 2.20. The van der Waals surface area contributed by atoms with Gasteiger partial charge < -0.3 is 9.88 Å². The van der Waals surface area contributed by atoms with Crippen LogP contribution in [0.2, 0.25) is 0 Å². The number of aromatic nitrogens is 2. The fourth-order valence-electron chi connectivity index (χ4n) is 2.01. The monoisotopic (exact) mass is 289 g/mol. The van der Waals surface area contributed by atoms with Gasteiger partial charge in [0.25, 0.3) is 0 Å². The molecule has 3 nitrogen and oxygen atoms in total. The summed E-state index contributed by atoms with van der Waals surface area (Å²) in [5.74, 6) is 1.14. The van der Waals surface area contributed by atoms with Crippen molar-refractivity contribution in [1.29, 1.82) is 0 Å². The van der Waals surface area contributed by atoms with Gasteiger partial charge in [-0.3, -0.25) is 0 Å². The third-order valence-electron chi connectivity index (χ3n) is 3.04. The van der Waals surface area contributed by atoms with Crippen molar-refractivity contribution in [2.24, 2.45) is 0 Å². The van der Waals surface area contributed by atoms with Crippen LogP contribution in [0.25, 0.3) is 0 Å². The third kappa shape index (κ3) is 5.39. The van der Waals surface area contributed by atoms with Crippen LogP contribution in [0.5, 0.6) is 0 Å². The molecule has 0 atom stereocenters. The first-order chi connectivity index (χ1) is 9.88. The molecular weight excluding hydrogens is 266 g/mol. The van der Waals surface area contributed by atoms with E-state index in [0.29, 0.717) is 0 Å². The minimum absolute atomic E-state index is 0.970. The number of benzene rings is 1. The van der Waals surface area contributed by atoms with Gasteiger partial charge in [0.15, 0.2) is 0 Å². The summed E-state index contributed by atoms with van der Waals surface area (Å²) >= 11 is 1.93. The van der Waals surface area contributed by atoms with Crippen LogP contribution in [0.3, 0.4) is 0 Å². The Morgan fingerprint density at radius 2 is 2.30 bits per heavy atom. The summed E-state index contributed by atoms with van der Waals surface area (Å²) in [6, 6.07) is 8.84. The van der Waals surface area contributed by atoms with Crippen molar-refractivity contribution in [3.8, 4) is 0 Å². The molecule has 0 spiro atoms. The van der Waals surface area contributed by atoms with Gasteiger partial charge in [0, 0.05) is 30.4 Å². The molecule has 2 rings (SSSR count). The van der Waals surface area contributed by atoms with Crippen LogP contribution in [-0.4, -0.2) is 21.8 Å². The molecule has 1 heterocycles. The third-order valence-corrected chi connectivity index (χ3v) is 4.12. The van der Waals surface area contributed by atoms with Gasteiger partial charge in [0.2, 0.25) is 0 Å². The van der Waals surface area contributed by atoms with Crippen molar-refractivity contribution in [3.63, 3.8) is 0 Å². The highest BCUT2D eigenvalue weighted by Gasteiger charge is 1.98. The summed E-state index contributed by atoms with van der Waals surface area (Å²) in [6.45, 7) is 5.30. The van der Waals surface area contributed by atoms with Gasteiger partial charge in [-0.25, -0.2) is 4.98 Å². The summed E-state index contributed by atoms with van der Waals surface area (Å²) in [5, 5.41) is 3.44. The predicted molar refractivity (Wildman–Crippen MR) is 86.0 cm³/mol. The van der Waals surface area contributed by atoms with Crippen LogP contribution in [-0.2, 0) is 13.1 Å². The normalized spacial score (nSPS) is 10.8. The van der Waals surface area contributed by atoms with Crippen molar-refractivity contribution in [2.75, 3.05) is 12.3 Å². The number of imidazole rings is 1. The first kappa shape index (κ1) is 15.1. The molecule has 0 saturated carbocycles. The highest BCUT2D eigenvalue weighted by molar-refractivity contribution is 7.99.